The Morgan fingerprint density at radius 2 is 1.78 bits per heavy atom. The minimum Gasteiger partial charge on any atom is -0.368 e. The second-order valence-electron chi connectivity index (χ2n) is 12.2. The number of anilines is 1. The second kappa shape index (κ2) is 8.24. The standard InChI is InChI=1S/C30H34ClN3OSi/c1-30(2)23-18-26(34-13-11-33(12-14-34)20-7-8-20)24(31)17-22(23)28(35)27-21-9-6-19(10-15-36(3,4)5)16-25(21)32-29(27)30/h6,9,16-18,20,32H,7-8,11-14H2,1-5H3. The summed E-state index contributed by atoms with van der Waals surface area (Å²) in [5.74, 6) is 3.41. The number of H-pyrrole nitrogens is 1. The van der Waals surface area contributed by atoms with Crippen molar-refractivity contribution in [2.75, 3.05) is 31.1 Å². The minimum absolute atomic E-state index is 0.0542. The monoisotopic (exact) mass is 515 g/mol. The molecule has 1 aromatic heterocycles. The first-order valence-electron chi connectivity index (χ1n) is 13.1. The van der Waals surface area contributed by atoms with Crippen LogP contribution in [0.2, 0.25) is 24.7 Å². The zero-order valence-electron chi connectivity index (χ0n) is 21.9. The average molecular weight is 516 g/mol. The van der Waals surface area contributed by atoms with Crippen molar-refractivity contribution in [2.45, 2.75) is 57.8 Å². The summed E-state index contributed by atoms with van der Waals surface area (Å²) in [5.41, 5.74) is 9.64. The number of hydrogen-bond acceptors (Lipinski definition) is 3. The van der Waals surface area contributed by atoms with Crippen LogP contribution in [0.5, 0.6) is 0 Å². The summed E-state index contributed by atoms with van der Waals surface area (Å²) in [7, 11) is -1.47. The van der Waals surface area contributed by atoms with Gasteiger partial charge in [0.1, 0.15) is 8.07 Å². The van der Waals surface area contributed by atoms with Gasteiger partial charge < -0.3 is 9.88 Å². The fraction of sp³-hybridized carbons (Fsp3) is 0.433. The van der Waals surface area contributed by atoms with Crippen molar-refractivity contribution < 1.29 is 4.79 Å². The Bertz CT molecular complexity index is 1460. The van der Waals surface area contributed by atoms with Crippen LogP contribution in [0.4, 0.5) is 5.69 Å². The van der Waals surface area contributed by atoms with Gasteiger partial charge in [-0.1, -0.05) is 57.1 Å². The molecule has 6 heteroatoms. The van der Waals surface area contributed by atoms with Crippen LogP contribution in [-0.2, 0) is 5.41 Å². The van der Waals surface area contributed by atoms with Crippen LogP contribution < -0.4 is 4.90 Å². The molecule has 1 aliphatic heterocycles. The molecule has 2 heterocycles. The molecule has 1 saturated carbocycles. The molecule has 0 radical (unpaired) electrons. The predicted molar refractivity (Wildman–Crippen MR) is 152 cm³/mol. The molecular formula is C30H34ClN3OSi. The molecule has 36 heavy (non-hydrogen) atoms. The molecule has 0 unspecified atom stereocenters. The van der Waals surface area contributed by atoms with E-state index in [0.717, 1.165) is 76.8 Å². The molecule has 1 saturated heterocycles. The Labute approximate surface area is 220 Å². The zero-order chi connectivity index (χ0) is 25.4. The lowest BCUT2D eigenvalue weighted by Crippen LogP contribution is -2.47. The molecule has 186 valence electrons. The Balaban J connectivity index is 1.40. The molecule has 6 rings (SSSR count). The van der Waals surface area contributed by atoms with Gasteiger partial charge in [-0.2, -0.15) is 0 Å². The van der Waals surface area contributed by atoms with Crippen molar-refractivity contribution in [3.63, 3.8) is 0 Å². The normalized spacial score (nSPS) is 19.6. The molecule has 2 fully saturated rings. The number of nitrogens with zero attached hydrogens (tertiary/aromatic N) is 2. The largest absolute Gasteiger partial charge is 0.368 e. The Morgan fingerprint density at radius 1 is 1.06 bits per heavy atom. The quantitative estimate of drug-likeness (QED) is 0.326. The van der Waals surface area contributed by atoms with Crippen LogP contribution in [0.3, 0.4) is 0 Å². The molecule has 1 N–H and O–H groups in total. The first-order chi connectivity index (χ1) is 17.0. The number of carbonyl (C=O) groups excluding carboxylic acids is 1. The molecule has 3 aliphatic rings. The maximum Gasteiger partial charge on any atom is 0.195 e. The fourth-order valence-corrected chi connectivity index (χ4v) is 6.59. The van der Waals surface area contributed by atoms with Gasteiger partial charge in [0.15, 0.2) is 5.78 Å². The third-order valence-corrected chi connectivity index (χ3v) is 9.13. The van der Waals surface area contributed by atoms with E-state index >= 15 is 0 Å². The number of nitrogens with one attached hydrogen (secondary N) is 1. The summed E-state index contributed by atoms with van der Waals surface area (Å²) in [4.78, 5) is 22.5. The van der Waals surface area contributed by atoms with E-state index in [0.29, 0.717) is 5.02 Å². The number of fused-ring (bicyclic) bond motifs is 4. The van der Waals surface area contributed by atoms with Crippen LogP contribution in [0.15, 0.2) is 30.3 Å². The van der Waals surface area contributed by atoms with Crippen LogP contribution in [0.25, 0.3) is 10.9 Å². The van der Waals surface area contributed by atoms with Gasteiger partial charge in [-0.05, 0) is 42.7 Å². The van der Waals surface area contributed by atoms with Gasteiger partial charge in [-0.25, -0.2) is 0 Å². The first kappa shape index (κ1) is 23.9. The van der Waals surface area contributed by atoms with Crippen LogP contribution in [0.1, 0.15) is 59.4 Å². The van der Waals surface area contributed by atoms with E-state index in [-0.39, 0.29) is 11.2 Å². The van der Waals surface area contributed by atoms with E-state index in [1.807, 2.05) is 18.2 Å². The molecule has 2 aliphatic carbocycles. The highest BCUT2D eigenvalue weighted by Crippen LogP contribution is 2.46. The number of ketones is 1. The van der Waals surface area contributed by atoms with Gasteiger partial charge in [0.05, 0.1) is 16.3 Å². The van der Waals surface area contributed by atoms with Crippen molar-refractivity contribution in [2.24, 2.45) is 0 Å². The molecular weight excluding hydrogens is 482 g/mol. The van der Waals surface area contributed by atoms with E-state index in [2.05, 4.69) is 71.9 Å². The van der Waals surface area contributed by atoms with E-state index in [1.165, 1.54) is 12.8 Å². The Kier molecular flexibility index (Phi) is 5.46. The lowest BCUT2D eigenvalue weighted by molar-refractivity contribution is 0.103. The second-order valence-corrected chi connectivity index (χ2v) is 17.4. The third kappa shape index (κ3) is 4.00. The number of rotatable bonds is 2. The summed E-state index contributed by atoms with van der Waals surface area (Å²) in [6.45, 7) is 15.3. The summed E-state index contributed by atoms with van der Waals surface area (Å²) in [5, 5.41) is 1.63. The number of carbonyl (C=O) groups is 1. The van der Waals surface area contributed by atoms with Crippen molar-refractivity contribution >= 4 is 42.0 Å². The highest BCUT2D eigenvalue weighted by molar-refractivity contribution is 6.83. The van der Waals surface area contributed by atoms with Crippen LogP contribution in [-0.4, -0.2) is 56.0 Å². The highest BCUT2D eigenvalue weighted by Gasteiger charge is 2.41. The molecule has 0 bridgehead atoms. The summed E-state index contributed by atoms with van der Waals surface area (Å²) in [6, 6.07) is 11.1. The van der Waals surface area contributed by atoms with Crippen LogP contribution >= 0.6 is 11.6 Å². The molecule has 0 amide bonds. The predicted octanol–water partition coefficient (Wildman–Crippen LogP) is 6.20. The first-order valence-corrected chi connectivity index (χ1v) is 17.0. The lowest BCUT2D eigenvalue weighted by Gasteiger charge is -2.38. The SMILES string of the molecule is CC1(C)c2cc(N3CCN(C4CC4)CC3)c(Cl)cc2C(=O)c2c1[nH]c1cc(C#C[Si](C)(C)C)ccc21. The van der Waals surface area contributed by atoms with E-state index in [1.54, 1.807) is 0 Å². The van der Waals surface area contributed by atoms with Crippen LogP contribution in [0, 0.1) is 11.5 Å². The molecule has 0 spiro atoms. The number of aromatic nitrogens is 1. The van der Waals surface area contributed by atoms with Gasteiger partial charge in [0.2, 0.25) is 0 Å². The fourth-order valence-electron chi connectivity index (χ4n) is 5.79. The maximum atomic E-state index is 13.9. The minimum atomic E-state index is -1.47. The number of hydrogen-bond donors (Lipinski definition) is 1. The average Bonchev–Trinajstić information content (AvgIpc) is 3.60. The summed E-state index contributed by atoms with van der Waals surface area (Å²) in [6.07, 6.45) is 2.68. The highest BCUT2D eigenvalue weighted by atomic mass is 35.5. The summed E-state index contributed by atoms with van der Waals surface area (Å²) >= 11 is 6.85. The number of halogens is 1. The van der Waals surface area contributed by atoms with Gasteiger partial charge in [0.25, 0.3) is 0 Å². The van der Waals surface area contributed by atoms with Gasteiger partial charge in [-0.3, -0.25) is 9.69 Å². The number of aromatic amines is 1. The smallest absolute Gasteiger partial charge is 0.195 e. The number of piperazine rings is 1. The van der Waals surface area contributed by atoms with Gasteiger partial charge in [-0.15, -0.1) is 5.54 Å². The topological polar surface area (TPSA) is 39.3 Å². The van der Waals surface area contributed by atoms with Crippen molar-refractivity contribution in [3.05, 3.63) is 63.3 Å². The van der Waals surface area contributed by atoms with Crippen molar-refractivity contribution in [1.29, 1.82) is 0 Å². The van der Waals surface area contributed by atoms with Crippen molar-refractivity contribution in [3.8, 4) is 11.5 Å². The van der Waals surface area contributed by atoms with E-state index in [9.17, 15) is 4.79 Å². The Hall–Kier alpha value is -2.52. The third-order valence-electron chi connectivity index (χ3n) is 7.96. The van der Waals surface area contributed by atoms with Crippen molar-refractivity contribution in [1.82, 2.24) is 9.88 Å². The Morgan fingerprint density at radius 3 is 2.44 bits per heavy atom. The number of benzene rings is 2. The molecule has 0 atom stereocenters. The van der Waals surface area contributed by atoms with Gasteiger partial charge in [0, 0.05) is 65.4 Å². The molecule has 3 aromatic rings. The van der Waals surface area contributed by atoms with Gasteiger partial charge >= 0.3 is 0 Å². The van der Waals surface area contributed by atoms with E-state index < -0.39 is 8.07 Å². The van der Waals surface area contributed by atoms with E-state index in [4.69, 9.17) is 11.6 Å². The lowest BCUT2D eigenvalue weighted by atomic mass is 9.71. The summed E-state index contributed by atoms with van der Waals surface area (Å²) < 4.78 is 0. The molecule has 2 aromatic carbocycles. The maximum absolute atomic E-state index is 13.9. The zero-order valence-corrected chi connectivity index (χ0v) is 23.6. The molecule has 4 nitrogen and oxygen atoms in total.